The maximum Gasteiger partial charge on any atom is 0.270 e. The minimum Gasteiger partial charge on any atom is -0.348 e. The van der Waals surface area contributed by atoms with Crippen molar-refractivity contribution in [2.24, 2.45) is 0 Å². The van der Waals surface area contributed by atoms with Crippen LogP contribution >= 0.6 is 0 Å². The lowest BCUT2D eigenvalue weighted by Gasteiger charge is -2.36. The third kappa shape index (κ3) is 6.61. The van der Waals surface area contributed by atoms with E-state index in [1.807, 2.05) is 60.7 Å². The SMILES string of the molecule is N#Cc1ccc(CN2CCC(NC(=O)c3ccc(N(c4ccc(C#N)cc4)C4CCNCC4)cn3)CC2)cc1. The average molecular weight is 520 g/mol. The quantitative estimate of drug-likeness (QED) is 0.484. The van der Waals surface area contributed by atoms with Crippen LogP contribution in [0.15, 0.2) is 66.9 Å². The summed E-state index contributed by atoms with van der Waals surface area (Å²) in [7, 11) is 0. The van der Waals surface area contributed by atoms with E-state index in [9.17, 15) is 10.1 Å². The van der Waals surface area contributed by atoms with Crippen LogP contribution < -0.4 is 15.5 Å². The number of hydrogen-bond donors (Lipinski definition) is 2. The van der Waals surface area contributed by atoms with Gasteiger partial charge in [0.05, 0.1) is 35.1 Å². The summed E-state index contributed by atoms with van der Waals surface area (Å²) in [5, 5.41) is 24.8. The number of hydrogen-bond acceptors (Lipinski definition) is 7. The molecule has 0 radical (unpaired) electrons. The number of carbonyl (C=O) groups is 1. The first-order chi connectivity index (χ1) is 19.1. The summed E-state index contributed by atoms with van der Waals surface area (Å²) in [5.74, 6) is -0.140. The van der Waals surface area contributed by atoms with Gasteiger partial charge in [-0.3, -0.25) is 9.69 Å². The van der Waals surface area contributed by atoms with Crippen molar-refractivity contribution >= 4 is 17.3 Å². The molecule has 198 valence electrons. The van der Waals surface area contributed by atoms with Crippen molar-refractivity contribution in [2.45, 2.75) is 44.3 Å². The summed E-state index contributed by atoms with van der Waals surface area (Å²) in [5.41, 5.74) is 4.89. The molecule has 0 atom stereocenters. The van der Waals surface area contributed by atoms with E-state index in [2.05, 4.69) is 37.6 Å². The molecule has 0 saturated carbocycles. The molecule has 3 heterocycles. The number of carbonyl (C=O) groups excluding carboxylic acids is 1. The number of likely N-dealkylation sites (tertiary alicyclic amines) is 1. The lowest BCUT2D eigenvalue weighted by Crippen LogP contribution is -2.44. The summed E-state index contributed by atoms with van der Waals surface area (Å²) < 4.78 is 0. The summed E-state index contributed by atoms with van der Waals surface area (Å²) >= 11 is 0. The van der Waals surface area contributed by atoms with Crippen LogP contribution in [0.1, 0.15) is 52.9 Å². The molecule has 2 aliphatic heterocycles. The third-order valence-electron chi connectivity index (χ3n) is 7.62. The van der Waals surface area contributed by atoms with Gasteiger partial charge in [-0.25, -0.2) is 4.98 Å². The Morgan fingerprint density at radius 1 is 0.897 bits per heavy atom. The van der Waals surface area contributed by atoms with Crippen molar-refractivity contribution in [3.63, 3.8) is 0 Å². The normalized spacial score (nSPS) is 16.7. The maximum absolute atomic E-state index is 13.0. The molecule has 2 fully saturated rings. The Kier molecular flexibility index (Phi) is 8.48. The Morgan fingerprint density at radius 2 is 1.51 bits per heavy atom. The van der Waals surface area contributed by atoms with Gasteiger partial charge in [0.2, 0.25) is 0 Å². The first-order valence-electron chi connectivity index (χ1n) is 13.6. The molecule has 8 heteroatoms. The molecule has 1 amide bonds. The van der Waals surface area contributed by atoms with E-state index >= 15 is 0 Å². The first-order valence-corrected chi connectivity index (χ1v) is 13.6. The van der Waals surface area contributed by atoms with E-state index in [4.69, 9.17) is 5.26 Å². The molecule has 0 aliphatic carbocycles. The standard InChI is InChI=1S/C31H33N7O/c32-19-23-1-3-25(4-2-23)22-37-17-13-26(14-18-37)36-31(39)30-10-9-29(21-35-30)38(28-11-15-34-16-12-28)27-7-5-24(20-33)6-8-27/h1-10,21,26,28,34H,11-18,22H2,(H,36,39). The zero-order valence-electron chi connectivity index (χ0n) is 22.0. The average Bonchev–Trinajstić information content (AvgIpc) is 3.00. The van der Waals surface area contributed by atoms with Crippen LogP contribution in [-0.4, -0.2) is 54.1 Å². The fourth-order valence-corrected chi connectivity index (χ4v) is 5.43. The molecule has 1 aromatic heterocycles. The molecule has 2 N–H and O–H groups in total. The van der Waals surface area contributed by atoms with E-state index < -0.39 is 0 Å². The van der Waals surface area contributed by atoms with Crippen LogP contribution in [0, 0.1) is 22.7 Å². The number of amides is 1. The number of nitriles is 2. The Bertz CT molecular complexity index is 1330. The zero-order valence-corrected chi connectivity index (χ0v) is 22.0. The van der Waals surface area contributed by atoms with E-state index in [0.29, 0.717) is 22.9 Å². The second-order valence-corrected chi connectivity index (χ2v) is 10.2. The minimum absolute atomic E-state index is 0.126. The number of rotatable bonds is 7. The molecule has 2 saturated heterocycles. The topological polar surface area (TPSA) is 108 Å². The minimum atomic E-state index is -0.140. The van der Waals surface area contributed by atoms with Gasteiger partial charge in [0, 0.05) is 37.4 Å². The highest BCUT2D eigenvalue weighted by Crippen LogP contribution is 2.31. The lowest BCUT2D eigenvalue weighted by molar-refractivity contribution is 0.0904. The lowest BCUT2D eigenvalue weighted by atomic mass is 10.0. The molecule has 2 aromatic carbocycles. The van der Waals surface area contributed by atoms with Gasteiger partial charge < -0.3 is 15.5 Å². The number of nitrogens with one attached hydrogen (secondary N) is 2. The monoisotopic (exact) mass is 519 g/mol. The van der Waals surface area contributed by atoms with Gasteiger partial charge >= 0.3 is 0 Å². The molecule has 5 rings (SSSR count). The largest absolute Gasteiger partial charge is 0.348 e. The van der Waals surface area contributed by atoms with Gasteiger partial charge in [0.1, 0.15) is 5.69 Å². The van der Waals surface area contributed by atoms with Crippen LogP contribution in [0.3, 0.4) is 0 Å². The molecule has 39 heavy (non-hydrogen) atoms. The van der Waals surface area contributed by atoms with Crippen LogP contribution in [0.4, 0.5) is 11.4 Å². The van der Waals surface area contributed by atoms with Crippen molar-refractivity contribution in [3.8, 4) is 12.1 Å². The smallest absolute Gasteiger partial charge is 0.270 e. The van der Waals surface area contributed by atoms with Crippen LogP contribution in [0.2, 0.25) is 0 Å². The zero-order chi connectivity index (χ0) is 27.0. The number of nitrogens with zero attached hydrogens (tertiary/aromatic N) is 5. The van der Waals surface area contributed by atoms with E-state index in [1.165, 1.54) is 5.56 Å². The molecule has 8 nitrogen and oxygen atoms in total. The molecule has 2 aliphatic rings. The third-order valence-corrected chi connectivity index (χ3v) is 7.62. The van der Waals surface area contributed by atoms with E-state index in [0.717, 1.165) is 69.8 Å². The maximum atomic E-state index is 13.0. The van der Waals surface area contributed by atoms with Crippen molar-refractivity contribution in [2.75, 3.05) is 31.1 Å². The fourth-order valence-electron chi connectivity index (χ4n) is 5.43. The van der Waals surface area contributed by atoms with Crippen molar-refractivity contribution in [1.82, 2.24) is 20.5 Å². The van der Waals surface area contributed by atoms with E-state index in [-0.39, 0.29) is 11.9 Å². The summed E-state index contributed by atoms with van der Waals surface area (Å²) in [6.07, 6.45) is 5.58. The highest BCUT2D eigenvalue weighted by molar-refractivity contribution is 5.92. The highest BCUT2D eigenvalue weighted by Gasteiger charge is 2.25. The molecule has 0 unspecified atom stereocenters. The summed E-state index contributed by atoms with van der Waals surface area (Å²) in [6, 6.07) is 23.9. The highest BCUT2D eigenvalue weighted by atomic mass is 16.1. The fraction of sp³-hybridized carbons (Fsp3) is 0.355. The van der Waals surface area contributed by atoms with Crippen LogP contribution in [-0.2, 0) is 6.54 Å². The Labute approximate surface area is 229 Å². The first kappa shape index (κ1) is 26.4. The van der Waals surface area contributed by atoms with E-state index in [1.54, 1.807) is 6.20 Å². The predicted octanol–water partition coefficient (Wildman–Crippen LogP) is 4.11. The van der Waals surface area contributed by atoms with Gasteiger partial charge in [0.25, 0.3) is 5.91 Å². The van der Waals surface area contributed by atoms with Gasteiger partial charge in [-0.15, -0.1) is 0 Å². The Morgan fingerprint density at radius 3 is 2.10 bits per heavy atom. The van der Waals surface area contributed by atoms with Crippen molar-refractivity contribution in [1.29, 1.82) is 10.5 Å². The number of piperidine rings is 2. The number of anilines is 2. The van der Waals surface area contributed by atoms with Gasteiger partial charge in [0.15, 0.2) is 0 Å². The van der Waals surface area contributed by atoms with Crippen LogP contribution in [0.5, 0.6) is 0 Å². The van der Waals surface area contributed by atoms with Gasteiger partial charge in [-0.2, -0.15) is 10.5 Å². The molecule has 0 spiro atoms. The Hall–Kier alpha value is -4.24. The number of pyridine rings is 1. The van der Waals surface area contributed by atoms with Crippen LogP contribution in [0.25, 0.3) is 0 Å². The second kappa shape index (κ2) is 12.5. The number of benzene rings is 2. The summed E-state index contributed by atoms with van der Waals surface area (Å²) in [4.78, 5) is 22.2. The predicted molar refractivity (Wildman–Crippen MR) is 150 cm³/mol. The second-order valence-electron chi connectivity index (χ2n) is 10.2. The van der Waals surface area contributed by atoms with Gasteiger partial charge in [-0.1, -0.05) is 12.1 Å². The summed E-state index contributed by atoms with van der Waals surface area (Å²) in [6.45, 7) is 4.58. The number of aromatic nitrogens is 1. The molecule has 3 aromatic rings. The van der Waals surface area contributed by atoms with Crippen molar-refractivity contribution in [3.05, 3.63) is 89.2 Å². The molecular weight excluding hydrogens is 486 g/mol. The van der Waals surface area contributed by atoms with Crippen molar-refractivity contribution < 1.29 is 4.79 Å². The molecular formula is C31H33N7O. The van der Waals surface area contributed by atoms with Gasteiger partial charge in [-0.05, 0) is 92.9 Å². The molecule has 0 bridgehead atoms. The Balaban J connectivity index is 1.19.